The average Bonchev–Trinajstić information content (AvgIpc) is 2.66. The summed E-state index contributed by atoms with van der Waals surface area (Å²) >= 11 is 0. The van der Waals surface area contributed by atoms with E-state index in [9.17, 15) is 5.26 Å². The van der Waals surface area contributed by atoms with Crippen LogP contribution in [0.3, 0.4) is 0 Å². The zero-order valence-corrected chi connectivity index (χ0v) is 14.0. The molecule has 0 radical (unpaired) electrons. The van der Waals surface area contributed by atoms with Gasteiger partial charge < -0.3 is 15.2 Å². The average molecular weight is 330 g/mol. The lowest BCUT2D eigenvalue weighted by Crippen LogP contribution is -2.23. The summed E-state index contributed by atoms with van der Waals surface area (Å²) in [7, 11) is 1.64. The van der Waals surface area contributed by atoms with Gasteiger partial charge in [-0.05, 0) is 30.0 Å². The molecule has 25 heavy (non-hydrogen) atoms. The molecule has 4 heteroatoms. The summed E-state index contributed by atoms with van der Waals surface area (Å²) in [6, 6.07) is 18.2. The molecule has 1 atom stereocenters. The Balaban J connectivity index is 1.95. The normalized spacial score (nSPS) is 18.8. The first-order valence-electron chi connectivity index (χ1n) is 8.26. The predicted octanol–water partition coefficient (Wildman–Crippen LogP) is 3.86. The molecule has 0 saturated carbocycles. The van der Waals surface area contributed by atoms with Crippen LogP contribution in [0, 0.1) is 11.3 Å². The van der Waals surface area contributed by atoms with Gasteiger partial charge >= 0.3 is 0 Å². The number of hydrogen-bond donors (Lipinski definition) is 1. The highest BCUT2D eigenvalue weighted by Crippen LogP contribution is 2.48. The highest BCUT2D eigenvalue weighted by atomic mass is 16.5. The molecular weight excluding hydrogens is 312 g/mol. The molecule has 1 aliphatic carbocycles. The van der Waals surface area contributed by atoms with Gasteiger partial charge in [-0.1, -0.05) is 42.5 Å². The molecule has 0 spiro atoms. The van der Waals surface area contributed by atoms with Crippen molar-refractivity contribution in [1.82, 2.24) is 0 Å². The summed E-state index contributed by atoms with van der Waals surface area (Å²) in [5, 5.41) is 9.71. The Hall–Kier alpha value is -3.19. The van der Waals surface area contributed by atoms with E-state index in [1.165, 1.54) is 5.56 Å². The van der Waals surface area contributed by atoms with Gasteiger partial charge in [-0.2, -0.15) is 5.26 Å². The van der Waals surface area contributed by atoms with Crippen LogP contribution in [0.2, 0.25) is 0 Å². The van der Waals surface area contributed by atoms with Crippen LogP contribution in [0.25, 0.3) is 5.76 Å². The van der Waals surface area contributed by atoms with E-state index in [4.69, 9.17) is 15.2 Å². The van der Waals surface area contributed by atoms with Gasteiger partial charge in [0.15, 0.2) is 0 Å². The van der Waals surface area contributed by atoms with E-state index in [0.717, 1.165) is 41.1 Å². The van der Waals surface area contributed by atoms with Crippen molar-refractivity contribution in [2.75, 3.05) is 7.11 Å². The predicted molar refractivity (Wildman–Crippen MR) is 95.3 cm³/mol. The van der Waals surface area contributed by atoms with Crippen molar-refractivity contribution < 1.29 is 9.47 Å². The summed E-state index contributed by atoms with van der Waals surface area (Å²) < 4.78 is 11.5. The van der Waals surface area contributed by atoms with E-state index in [-0.39, 0.29) is 11.8 Å². The van der Waals surface area contributed by atoms with Crippen molar-refractivity contribution in [3.63, 3.8) is 0 Å². The van der Waals surface area contributed by atoms with E-state index < -0.39 is 0 Å². The molecule has 124 valence electrons. The molecular formula is C21H18N2O2. The summed E-state index contributed by atoms with van der Waals surface area (Å²) in [6.45, 7) is 0. The molecule has 4 nitrogen and oxygen atoms in total. The van der Waals surface area contributed by atoms with Crippen LogP contribution < -0.4 is 10.5 Å². The lowest BCUT2D eigenvalue weighted by atomic mass is 9.76. The molecule has 0 fully saturated rings. The summed E-state index contributed by atoms with van der Waals surface area (Å²) in [5.74, 6) is 1.47. The van der Waals surface area contributed by atoms with E-state index in [1.807, 2.05) is 42.5 Å². The van der Waals surface area contributed by atoms with E-state index in [2.05, 4.69) is 12.1 Å². The van der Waals surface area contributed by atoms with Crippen LogP contribution in [0.1, 0.15) is 29.0 Å². The third-order valence-corrected chi connectivity index (χ3v) is 4.90. The zero-order chi connectivity index (χ0) is 17.4. The molecule has 1 aliphatic heterocycles. The molecule has 2 aliphatic rings. The van der Waals surface area contributed by atoms with Crippen LogP contribution in [0.4, 0.5) is 0 Å². The molecule has 1 unspecified atom stereocenters. The summed E-state index contributed by atoms with van der Waals surface area (Å²) in [5.41, 5.74) is 10.9. The van der Waals surface area contributed by atoms with Gasteiger partial charge in [-0.25, -0.2) is 0 Å². The Morgan fingerprint density at radius 1 is 1.12 bits per heavy atom. The second-order valence-electron chi connectivity index (χ2n) is 6.18. The van der Waals surface area contributed by atoms with Gasteiger partial charge in [0, 0.05) is 11.1 Å². The number of aryl methyl sites for hydroxylation is 1. The highest BCUT2D eigenvalue weighted by molar-refractivity contribution is 5.74. The van der Waals surface area contributed by atoms with Crippen LogP contribution in [0.5, 0.6) is 5.75 Å². The second kappa shape index (κ2) is 6.03. The number of nitrogens with two attached hydrogens (primary N) is 1. The molecule has 1 heterocycles. The fourth-order valence-corrected chi connectivity index (χ4v) is 3.76. The van der Waals surface area contributed by atoms with Gasteiger partial charge in [-0.15, -0.1) is 0 Å². The Kier molecular flexibility index (Phi) is 3.70. The van der Waals surface area contributed by atoms with E-state index in [1.54, 1.807) is 7.11 Å². The maximum Gasteiger partial charge on any atom is 0.205 e. The van der Waals surface area contributed by atoms with Crippen LogP contribution in [-0.4, -0.2) is 7.11 Å². The maximum absolute atomic E-state index is 9.71. The minimum Gasteiger partial charge on any atom is -0.496 e. The van der Waals surface area contributed by atoms with Crippen molar-refractivity contribution >= 4 is 5.76 Å². The molecule has 0 amide bonds. The SMILES string of the molecule is COc1ccccc1C1C(C#N)=C(N)OC2=C1CCc1ccccc12. The highest BCUT2D eigenvalue weighted by Gasteiger charge is 2.36. The number of rotatable bonds is 2. The maximum atomic E-state index is 9.71. The smallest absolute Gasteiger partial charge is 0.205 e. The Morgan fingerprint density at radius 2 is 1.88 bits per heavy atom. The van der Waals surface area contributed by atoms with Crippen LogP contribution in [-0.2, 0) is 11.2 Å². The topological polar surface area (TPSA) is 68.3 Å². The summed E-state index contributed by atoms with van der Waals surface area (Å²) in [6.07, 6.45) is 1.75. The van der Waals surface area contributed by atoms with Gasteiger partial charge in [0.1, 0.15) is 23.2 Å². The first kappa shape index (κ1) is 15.3. The van der Waals surface area contributed by atoms with Crippen molar-refractivity contribution in [1.29, 1.82) is 5.26 Å². The number of allylic oxidation sites excluding steroid dienone is 2. The molecule has 4 rings (SSSR count). The monoisotopic (exact) mass is 330 g/mol. The summed E-state index contributed by atoms with van der Waals surface area (Å²) in [4.78, 5) is 0. The van der Waals surface area contributed by atoms with Crippen LogP contribution in [0.15, 0.2) is 65.6 Å². The number of ether oxygens (including phenoxy) is 2. The quantitative estimate of drug-likeness (QED) is 0.908. The van der Waals surface area contributed by atoms with Crippen molar-refractivity contribution in [3.05, 3.63) is 82.3 Å². The Morgan fingerprint density at radius 3 is 2.68 bits per heavy atom. The first-order chi connectivity index (χ1) is 12.2. The number of nitriles is 1. The number of benzene rings is 2. The third-order valence-electron chi connectivity index (χ3n) is 4.90. The number of methoxy groups -OCH3 is 1. The van der Waals surface area contributed by atoms with Crippen LogP contribution >= 0.6 is 0 Å². The van der Waals surface area contributed by atoms with Gasteiger partial charge in [0.25, 0.3) is 0 Å². The molecule has 2 N–H and O–H groups in total. The van der Waals surface area contributed by atoms with Crippen molar-refractivity contribution in [2.45, 2.75) is 18.8 Å². The molecule has 2 aromatic rings. The lowest BCUT2D eigenvalue weighted by molar-refractivity contribution is 0.348. The number of hydrogen-bond acceptors (Lipinski definition) is 4. The van der Waals surface area contributed by atoms with E-state index in [0.29, 0.717) is 5.57 Å². The van der Waals surface area contributed by atoms with Gasteiger partial charge in [0.05, 0.1) is 13.0 Å². The van der Waals surface area contributed by atoms with E-state index >= 15 is 0 Å². The van der Waals surface area contributed by atoms with Crippen molar-refractivity contribution in [2.24, 2.45) is 5.73 Å². The molecule has 2 aromatic carbocycles. The molecule has 0 bridgehead atoms. The molecule has 0 aromatic heterocycles. The number of fused-ring (bicyclic) bond motifs is 2. The number of nitrogens with zero attached hydrogens (tertiary/aromatic N) is 1. The lowest BCUT2D eigenvalue weighted by Gasteiger charge is -2.33. The minimum atomic E-state index is -0.238. The second-order valence-corrected chi connectivity index (χ2v) is 6.18. The standard InChI is InChI=1S/C21H18N2O2/c1-24-18-9-5-4-8-15(18)19-16-11-10-13-6-2-3-7-14(13)20(16)25-21(23)17(19)12-22/h2-9,19H,10-11,23H2,1H3. The number of para-hydroxylation sites is 1. The van der Waals surface area contributed by atoms with Crippen molar-refractivity contribution in [3.8, 4) is 11.8 Å². The Labute approximate surface area is 146 Å². The fourth-order valence-electron chi connectivity index (χ4n) is 3.76. The fraction of sp³-hybridized carbons (Fsp3) is 0.190. The van der Waals surface area contributed by atoms with Gasteiger partial charge in [-0.3, -0.25) is 0 Å². The zero-order valence-electron chi connectivity index (χ0n) is 14.0. The van der Waals surface area contributed by atoms with Gasteiger partial charge in [0.2, 0.25) is 5.88 Å². The minimum absolute atomic E-state index is 0.175. The Bertz CT molecular complexity index is 950. The largest absolute Gasteiger partial charge is 0.496 e. The first-order valence-corrected chi connectivity index (χ1v) is 8.26. The molecule has 0 saturated heterocycles. The third kappa shape index (κ3) is 2.36.